The molecule has 6 heteroatoms. The molecule has 0 spiro atoms. The lowest BCUT2D eigenvalue weighted by atomic mass is 10.2. The van der Waals surface area contributed by atoms with E-state index < -0.39 is 0 Å². The molecule has 0 bridgehead atoms. The van der Waals surface area contributed by atoms with Gasteiger partial charge < -0.3 is 4.74 Å². The molecule has 1 aromatic rings. The Balaban J connectivity index is 2.22. The van der Waals surface area contributed by atoms with Crippen molar-refractivity contribution >= 4 is 34.8 Å². The average Bonchev–Trinajstić information content (AvgIpc) is 2.49. The minimum absolute atomic E-state index is 0.110. The molecule has 0 unspecified atom stereocenters. The number of carbonyl (C=O) groups excluding carboxylic acids is 1. The van der Waals surface area contributed by atoms with Crippen molar-refractivity contribution in [3.63, 3.8) is 0 Å². The molecule has 1 rings (SSSR count). The molecule has 0 aliphatic carbocycles. The maximum Gasteiger partial charge on any atom is 0.240 e. The molecular weight excluding hydrogens is 323 g/mol. The van der Waals surface area contributed by atoms with E-state index in [1.807, 2.05) is 6.92 Å². The fraction of sp³-hybridized carbons (Fsp3) is 0.500. The molecule has 0 aromatic heterocycles. The number of hydrogen-bond donors (Lipinski definition) is 1. The van der Waals surface area contributed by atoms with Crippen LogP contribution < -0.4 is 10.2 Å². The van der Waals surface area contributed by atoms with E-state index in [2.05, 4.69) is 17.5 Å². The van der Waals surface area contributed by atoms with Crippen LogP contribution in [0.4, 0.5) is 0 Å². The Morgan fingerprint density at radius 1 is 1.27 bits per heavy atom. The lowest BCUT2D eigenvalue weighted by Crippen LogP contribution is -2.19. The van der Waals surface area contributed by atoms with Gasteiger partial charge in [0.15, 0.2) is 0 Å². The Bertz CT molecular complexity index is 519. The van der Waals surface area contributed by atoms with Gasteiger partial charge in [-0.25, -0.2) is 5.43 Å². The Morgan fingerprint density at radius 3 is 2.73 bits per heavy atom. The normalized spacial score (nSPS) is 11.4. The summed E-state index contributed by atoms with van der Waals surface area (Å²) in [7, 11) is 0. The number of hydrazone groups is 1. The molecule has 0 fully saturated rings. The smallest absolute Gasteiger partial charge is 0.240 e. The van der Waals surface area contributed by atoms with E-state index in [-0.39, 0.29) is 5.91 Å². The maximum atomic E-state index is 11.6. The van der Waals surface area contributed by atoms with Crippen molar-refractivity contribution in [1.82, 2.24) is 5.43 Å². The number of halogens is 2. The molecule has 0 aliphatic rings. The number of amides is 1. The molecule has 22 heavy (non-hydrogen) atoms. The number of hydrogen-bond acceptors (Lipinski definition) is 3. The standard InChI is InChI=1S/C16H22Cl2N2O2/c1-3-4-6-12(2)19-20-16(21)7-5-10-22-15-9-8-13(17)11-14(15)18/h8-9,11H,3-7,10H2,1-2H3,(H,20,21)/b19-12+. The van der Waals surface area contributed by atoms with Crippen molar-refractivity contribution in [3.8, 4) is 5.75 Å². The van der Waals surface area contributed by atoms with Gasteiger partial charge in [-0.05, 0) is 44.4 Å². The molecule has 1 aromatic carbocycles. The Labute approximate surface area is 141 Å². The molecule has 0 saturated carbocycles. The molecule has 1 N–H and O–H groups in total. The van der Waals surface area contributed by atoms with E-state index in [9.17, 15) is 4.79 Å². The number of unbranched alkanes of at least 4 members (excludes halogenated alkanes) is 1. The zero-order chi connectivity index (χ0) is 16.4. The van der Waals surface area contributed by atoms with Crippen LogP contribution in [0.2, 0.25) is 10.0 Å². The van der Waals surface area contributed by atoms with Gasteiger partial charge in [-0.15, -0.1) is 0 Å². The average molecular weight is 345 g/mol. The van der Waals surface area contributed by atoms with Crippen LogP contribution in [0.15, 0.2) is 23.3 Å². The number of carbonyl (C=O) groups is 1. The molecular formula is C16H22Cl2N2O2. The lowest BCUT2D eigenvalue weighted by molar-refractivity contribution is -0.121. The molecule has 0 aliphatic heterocycles. The quantitative estimate of drug-likeness (QED) is 0.396. The first-order chi connectivity index (χ1) is 10.5. The van der Waals surface area contributed by atoms with E-state index in [1.54, 1.807) is 18.2 Å². The van der Waals surface area contributed by atoms with Crippen molar-refractivity contribution in [3.05, 3.63) is 28.2 Å². The summed E-state index contributed by atoms with van der Waals surface area (Å²) < 4.78 is 5.51. The summed E-state index contributed by atoms with van der Waals surface area (Å²) in [5, 5.41) is 5.09. The highest BCUT2D eigenvalue weighted by molar-refractivity contribution is 6.35. The van der Waals surface area contributed by atoms with Crippen molar-refractivity contribution in [2.24, 2.45) is 5.10 Å². The highest BCUT2D eigenvalue weighted by atomic mass is 35.5. The molecule has 0 saturated heterocycles. The van der Waals surface area contributed by atoms with Gasteiger partial charge in [0.1, 0.15) is 5.75 Å². The van der Waals surface area contributed by atoms with Crippen molar-refractivity contribution in [2.45, 2.75) is 46.0 Å². The molecule has 0 heterocycles. The number of nitrogens with zero attached hydrogens (tertiary/aromatic N) is 1. The number of benzene rings is 1. The van der Waals surface area contributed by atoms with Crippen LogP contribution >= 0.6 is 23.2 Å². The van der Waals surface area contributed by atoms with Gasteiger partial charge >= 0.3 is 0 Å². The molecule has 4 nitrogen and oxygen atoms in total. The number of nitrogens with one attached hydrogen (secondary N) is 1. The van der Waals surface area contributed by atoms with Crippen LogP contribution in [0.1, 0.15) is 46.0 Å². The summed E-state index contributed by atoms with van der Waals surface area (Å²) in [6, 6.07) is 5.05. The monoisotopic (exact) mass is 344 g/mol. The van der Waals surface area contributed by atoms with E-state index >= 15 is 0 Å². The topological polar surface area (TPSA) is 50.7 Å². The predicted octanol–water partition coefficient (Wildman–Crippen LogP) is 4.83. The summed E-state index contributed by atoms with van der Waals surface area (Å²) in [6.45, 7) is 4.45. The minimum atomic E-state index is -0.110. The van der Waals surface area contributed by atoms with E-state index in [0.717, 1.165) is 25.0 Å². The van der Waals surface area contributed by atoms with Crippen LogP contribution in [0.25, 0.3) is 0 Å². The highest BCUT2D eigenvalue weighted by Crippen LogP contribution is 2.27. The van der Waals surface area contributed by atoms with Gasteiger partial charge in [-0.3, -0.25) is 4.79 Å². The third kappa shape index (κ3) is 7.66. The fourth-order valence-corrected chi connectivity index (χ4v) is 2.17. The highest BCUT2D eigenvalue weighted by Gasteiger charge is 2.04. The predicted molar refractivity (Wildman–Crippen MR) is 92.0 cm³/mol. The SMILES string of the molecule is CCCC/C(C)=N/NC(=O)CCCOc1ccc(Cl)cc1Cl. The fourth-order valence-electron chi connectivity index (χ4n) is 1.71. The van der Waals surface area contributed by atoms with Crippen LogP contribution in [-0.4, -0.2) is 18.2 Å². The first-order valence-electron chi connectivity index (χ1n) is 7.42. The summed E-state index contributed by atoms with van der Waals surface area (Å²) in [6.07, 6.45) is 4.06. The van der Waals surface area contributed by atoms with Gasteiger partial charge in [0.2, 0.25) is 5.91 Å². The molecule has 122 valence electrons. The summed E-state index contributed by atoms with van der Waals surface area (Å²) in [5.74, 6) is 0.460. The van der Waals surface area contributed by atoms with Gasteiger partial charge in [-0.2, -0.15) is 5.10 Å². The largest absolute Gasteiger partial charge is 0.492 e. The summed E-state index contributed by atoms with van der Waals surface area (Å²) in [5.41, 5.74) is 3.50. The first-order valence-corrected chi connectivity index (χ1v) is 8.18. The first kappa shape index (κ1) is 18.8. The zero-order valence-corrected chi connectivity index (χ0v) is 14.5. The van der Waals surface area contributed by atoms with Crippen LogP contribution in [-0.2, 0) is 4.79 Å². The van der Waals surface area contributed by atoms with E-state index in [1.165, 1.54) is 0 Å². The minimum Gasteiger partial charge on any atom is -0.492 e. The van der Waals surface area contributed by atoms with E-state index in [4.69, 9.17) is 27.9 Å². The Kier molecular flexibility index (Phi) is 8.94. The summed E-state index contributed by atoms with van der Waals surface area (Å²) in [4.78, 5) is 11.6. The van der Waals surface area contributed by atoms with Crippen molar-refractivity contribution in [1.29, 1.82) is 0 Å². The van der Waals surface area contributed by atoms with Crippen molar-refractivity contribution < 1.29 is 9.53 Å². The second-order valence-corrected chi connectivity index (χ2v) is 5.86. The van der Waals surface area contributed by atoms with Crippen LogP contribution in [0.5, 0.6) is 5.75 Å². The summed E-state index contributed by atoms with van der Waals surface area (Å²) >= 11 is 11.8. The van der Waals surface area contributed by atoms with Crippen LogP contribution in [0, 0.1) is 0 Å². The van der Waals surface area contributed by atoms with Crippen LogP contribution in [0.3, 0.4) is 0 Å². The van der Waals surface area contributed by atoms with Gasteiger partial charge in [0.05, 0.1) is 11.6 Å². The third-order valence-corrected chi connectivity index (χ3v) is 3.49. The van der Waals surface area contributed by atoms with Crippen molar-refractivity contribution in [2.75, 3.05) is 6.61 Å². The zero-order valence-electron chi connectivity index (χ0n) is 13.0. The second kappa shape index (κ2) is 10.5. The third-order valence-electron chi connectivity index (χ3n) is 2.96. The lowest BCUT2D eigenvalue weighted by Gasteiger charge is -2.08. The number of rotatable bonds is 9. The van der Waals surface area contributed by atoms with Gasteiger partial charge in [0, 0.05) is 17.2 Å². The van der Waals surface area contributed by atoms with E-state index in [0.29, 0.717) is 35.2 Å². The molecule has 0 radical (unpaired) electrons. The second-order valence-electron chi connectivity index (χ2n) is 5.01. The molecule has 1 amide bonds. The van der Waals surface area contributed by atoms with Gasteiger partial charge in [0.25, 0.3) is 0 Å². The maximum absolute atomic E-state index is 11.6. The Morgan fingerprint density at radius 2 is 2.05 bits per heavy atom. The number of ether oxygens (including phenoxy) is 1. The van der Waals surface area contributed by atoms with Gasteiger partial charge in [-0.1, -0.05) is 36.5 Å². The molecule has 0 atom stereocenters. The Hall–Kier alpha value is -1.26.